The quantitative estimate of drug-likeness (QED) is 0.927. The zero-order valence-corrected chi connectivity index (χ0v) is 13.4. The van der Waals surface area contributed by atoms with Crippen LogP contribution in [0.2, 0.25) is 0 Å². The average Bonchev–Trinajstić information content (AvgIpc) is 2.94. The number of primary amides is 1. The van der Waals surface area contributed by atoms with Gasteiger partial charge >= 0.3 is 0 Å². The fraction of sp³-hybridized carbons (Fsp3) is 0.176. The lowest BCUT2D eigenvalue weighted by Gasteiger charge is -2.23. The van der Waals surface area contributed by atoms with Crippen LogP contribution in [0, 0.1) is 0 Å². The standard InChI is InChI=1S/C17H16N2O3S/c1-23(22)13-8-6-11(7-9-13)17(21)19-14-5-3-2-4-12(14)10-15(19)16(18)20/h2-9,15H,10H2,1H3,(H2,18,20)/t15-,23?/m0/s1. The normalized spacial score (nSPS) is 17.6. The molecule has 2 amide bonds. The summed E-state index contributed by atoms with van der Waals surface area (Å²) in [6, 6.07) is 13.3. The summed E-state index contributed by atoms with van der Waals surface area (Å²) in [6.07, 6.45) is 2.00. The van der Waals surface area contributed by atoms with Crippen molar-refractivity contribution in [3.8, 4) is 0 Å². The van der Waals surface area contributed by atoms with Gasteiger partial charge in [-0.3, -0.25) is 18.7 Å². The third-order valence-corrected chi connectivity index (χ3v) is 4.89. The minimum Gasteiger partial charge on any atom is -0.368 e. The third-order valence-electron chi connectivity index (χ3n) is 3.96. The molecule has 0 spiro atoms. The Balaban J connectivity index is 1.99. The highest BCUT2D eigenvalue weighted by Gasteiger charge is 2.37. The molecule has 1 unspecified atom stereocenters. The Morgan fingerprint density at radius 1 is 1.13 bits per heavy atom. The lowest BCUT2D eigenvalue weighted by atomic mass is 10.1. The van der Waals surface area contributed by atoms with Crippen LogP contribution in [0.3, 0.4) is 0 Å². The Hall–Kier alpha value is -2.47. The molecule has 0 radical (unpaired) electrons. The van der Waals surface area contributed by atoms with E-state index in [-0.39, 0.29) is 5.91 Å². The maximum absolute atomic E-state index is 12.8. The Labute approximate surface area is 136 Å². The van der Waals surface area contributed by atoms with E-state index in [1.807, 2.05) is 24.3 Å². The molecule has 6 heteroatoms. The molecule has 0 bridgehead atoms. The van der Waals surface area contributed by atoms with E-state index in [0.29, 0.717) is 22.6 Å². The molecule has 0 fully saturated rings. The second-order valence-electron chi connectivity index (χ2n) is 5.40. The van der Waals surface area contributed by atoms with E-state index < -0.39 is 22.7 Å². The van der Waals surface area contributed by atoms with Crippen LogP contribution in [0.1, 0.15) is 15.9 Å². The second kappa shape index (κ2) is 5.96. The molecule has 23 heavy (non-hydrogen) atoms. The molecule has 1 aliphatic rings. The van der Waals surface area contributed by atoms with E-state index in [4.69, 9.17) is 5.73 Å². The predicted molar refractivity (Wildman–Crippen MR) is 88.7 cm³/mol. The molecule has 0 saturated carbocycles. The van der Waals surface area contributed by atoms with Crippen molar-refractivity contribution in [3.05, 3.63) is 59.7 Å². The number of carbonyl (C=O) groups excluding carboxylic acids is 2. The van der Waals surface area contributed by atoms with Crippen LogP contribution < -0.4 is 10.6 Å². The number of para-hydroxylation sites is 1. The van der Waals surface area contributed by atoms with Crippen molar-refractivity contribution >= 4 is 28.3 Å². The number of anilines is 1. The molecule has 2 aromatic carbocycles. The van der Waals surface area contributed by atoms with Crippen molar-refractivity contribution in [1.82, 2.24) is 0 Å². The zero-order chi connectivity index (χ0) is 16.6. The predicted octanol–water partition coefficient (Wildman–Crippen LogP) is 1.48. The number of benzene rings is 2. The number of rotatable bonds is 3. The van der Waals surface area contributed by atoms with Gasteiger partial charge in [-0.2, -0.15) is 0 Å². The molecule has 2 aromatic rings. The fourth-order valence-electron chi connectivity index (χ4n) is 2.79. The number of fused-ring (bicyclic) bond motifs is 1. The smallest absolute Gasteiger partial charge is 0.259 e. The molecule has 0 saturated heterocycles. The summed E-state index contributed by atoms with van der Waals surface area (Å²) in [7, 11) is -1.10. The highest BCUT2D eigenvalue weighted by atomic mass is 32.2. The summed E-state index contributed by atoms with van der Waals surface area (Å²) >= 11 is 0. The summed E-state index contributed by atoms with van der Waals surface area (Å²) in [5, 5.41) is 0. The number of hydrogen-bond donors (Lipinski definition) is 1. The largest absolute Gasteiger partial charge is 0.368 e. The van der Waals surface area contributed by atoms with Gasteiger partial charge in [0.1, 0.15) is 6.04 Å². The number of nitrogens with two attached hydrogens (primary N) is 1. The first-order valence-electron chi connectivity index (χ1n) is 7.13. The SMILES string of the molecule is CS(=O)c1ccc(C(=O)N2c3ccccc3C[C@H]2C(N)=O)cc1. The minimum absolute atomic E-state index is 0.285. The van der Waals surface area contributed by atoms with Crippen LogP contribution in [0.4, 0.5) is 5.69 Å². The van der Waals surface area contributed by atoms with Gasteiger partial charge in [-0.25, -0.2) is 0 Å². The zero-order valence-electron chi connectivity index (χ0n) is 12.6. The maximum Gasteiger partial charge on any atom is 0.259 e. The first-order chi connectivity index (χ1) is 11.0. The van der Waals surface area contributed by atoms with Crippen LogP contribution in [-0.2, 0) is 22.0 Å². The van der Waals surface area contributed by atoms with Crippen molar-refractivity contribution in [2.75, 3.05) is 11.2 Å². The highest BCUT2D eigenvalue weighted by Crippen LogP contribution is 2.33. The molecule has 1 aliphatic heterocycles. The highest BCUT2D eigenvalue weighted by molar-refractivity contribution is 7.84. The number of carbonyl (C=O) groups is 2. The second-order valence-corrected chi connectivity index (χ2v) is 6.78. The topological polar surface area (TPSA) is 80.5 Å². The minimum atomic E-state index is -1.10. The van der Waals surface area contributed by atoms with E-state index >= 15 is 0 Å². The average molecular weight is 328 g/mol. The number of nitrogens with zero attached hydrogens (tertiary/aromatic N) is 1. The van der Waals surface area contributed by atoms with Gasteiger partial charge in [0.15, 0.2) is 0 Å². The Morgan fingerprint density at radius 2 is 1.78 bits per heavy atom. The molecule has 2 N–H and O–H groups in total. The lowest BCUT2D eigenvalue weighted by molar-refractivity contribution is -0.119. The number of hydrogen-bond acceptors (Lipinski definition) is 3. The van der Waals surface area contributed by atoms with E-state index in [1.165, 1.54) is 4.90 Å². The van der Waals surface area contributed by atoms with Crippen molar-refractivity contribution in [2.45, 2.75) is 17.4 Å². The van der Waals surface area contributed by atoms with Gasteiger partial charge in [-0.1, -0.05) is 18.2 Å². The van der Waals surface area contributed by atoms with Gasteiger partial charge in [-0.05, 0) is 35.9 Å². The summed E-state index contributed by atoms with van der Waals surface area (Å²) < 4.78 is 11.4. The van der Waals surface area contributed by atoms with E-state index in [9.17, 15) is 13.8 Å². The maximum atomic E-state index is 12.8. The Morgan fingerprint density at radius 3 is 2.39 bits per heavy atom. The van der Waals surface area contributed by atoms with Gasteiger partial charge < -0.3 is 5.73 Å². The summed E-state index contributed by atoms with van der Waals surface area (Å²) in [5.74, 6) is -0.812. The first-order valence-corrected chi connectivity index (χ1v) is 8.69. The van der Waals surface area contributed by atoms with Gasteiger partial charge in [0.2, 0.25) is 5.91 Å². The van der Waals surface area contributed by atoms with Crippen LogP contribution in [0.15, 0.2) is 53.4 Å². The van der Waals surface area contributed by atoms with Crippen molar-refractivity contribution in [1.29, 1.82) is 0 Å². The molecule has 5 nitrogen and oxygen atoms in total. The van der Waals surface area contributed by atoms with Crippen LogP contribution in [0.5, 0.6) is 0 Å². The van der Waals surface area contributed by atoms with E-state index in [1.54, 1.807) is 30.5 Å². The Bertz CT molecular complexity index is 802. The van der Waals surface area contributed by atoms with E-state index in [0.717, 1.165) is 5.56 Å². The lowest BCUT2D eigenvalue weighted by Crippen LogP contribution is -2.46. The summed E-state index contributed by atoms with van der Waals surface area (Å²) in [4.78, 5) is 26.7. The molecule has 3 rings (SSSR count). The van der Waals surface area contributed by atoms with Crippen LogP contribution in [0.25, 0.3) is 0 Å². The third kappa shape index (κ3) is 2.77. The Kier molecular flexibility index (Phi) is 4.00. The van der Waals surface area contributed by atoms with Crippen LogP contribution >= 0.6 is 0 Å². The van der Waals surface area contributed by atoms with Crippen LogP contribution in [-0.4, -0.2) is 28.3 Å². The number of amides is 2. The molecular weight excluding hydrogens is 312 g/mol. The molecule has 118 valence electrons. The van der Waals surface area contributed by atoms with Crippen molar-refractivity contribution in [2.24, 2.45) is 5.73 Å². The summed E-state index contributed by atoms with van der Waals surface area (Å²) in [6.45, 7) is 0. The first kappa shape index (κ1) is 15.4. The molecule has 0 aliphatic carbocycles. The summed E-state index contributed by atoms with van der Waals surface area (Å²) in [5.41, 5.74) is 7.55. The van der Waals surface area contributed by atoms with Gasteiger partial charge in [0.05, 0.1) is 0 Å². The van der Waals surface area contributed by atoms with Gasteiger partial charge in [-0.15, -0.1) is 0 Å². The monoisotopic (exact) mass is 328 g/mol. The van der Waals surface area contributed by atoms with E-state index in [2.05, 4.69) is 0 Å². The molecular formula is C17H16N2O3S. The molecule has 2 atom stereocenters. The van der Waals surface area contributed by atoms with Gasteiger partial charge in [0, 0.05) is 39.6 Å². The van der Waals surface area contributed by atoms with Crippen molar-refractivity contribution in [3.63, 3.8) is 0 Å². The van der Waals surface area contributed by atoms with Gasteiger partial charge in [0.25, 0.3) is 5.91 Å². The fourth-order valence-corrected chi connectivity index (χ4v) is 3.31. The van der Waals surface area contributed by atoms with Crippen molar-refractivity contribution < 1.29 is 13.8 Å². The molecule has 1 heterocycles. The molecule has 0 aromatic heterocycles.